The van der Waals surface area contributed by atoms with E-state index in [2.05, 4.69) is 34.2 Å². The highest BCUT2D eigenvalue weighted by atomic mass is 79.9. The van der Waals surface area contributed by atoms with Crippen molar-refractivity contribution in [2.75, 3.05) is 13.7 Å². The van der Waals surface area contributed by atoms with Gasteiger partial charge < -0.3 is 14.8 Å². The summed E-state index contributed by atoms with van der Waals surface area (Å²) in [4.78, 5) is 0. The molecule has 0 heterocycles. The molecular weight excluding hydrogens is 282 g/mol. The Bertz CT molecular complexity index is 367. The highest BCUT2D eigenvalue weighted by molar-refractivity contribution is 9.10. The Kier molecular flexibility index (Phi) is 5.78. The van der Waals surface area contributed by atoms with Gasteiger partial charge in [0.25, 0.3) is 0 Å². The molecule has 0 saturated carbocycles. The van der Waals surface area contributed by atoms with Gasteiger partial charge in [-0.15, -0.1) is 0 Å². The van der Waals surface area contributed by atoms with Crippen molar-refractivity contribution in [1.29, 1.82) is 0 Å². The maximum absolute atomic E-state index is 5.73. The van der Waals surface area contributed by atoms with Crippen LogP contribution in [0.1, 0.15) is 26.3 Å². The van der Waals surface area contributed by atoms with E-state index in [4.69, 9.17) is 9.47 Å². The second-order valence-electron chi connectivity index (χ2n) is 4.06. The highest BCUT2D eigenvalue weighted by Crippen LogP contribution is 2.37. The third-order valence-electron chi connectivity index (χ3n) is 2.22. The zero-order chi connectivity index (χ0) is 12.8. The number of ether oxygens (including phenoxy) is 2. The number of nitrogens with one attached hydrogen (secondary N) is 1. The molecule has 0 amide bonds. The molecule has 1 aromatic carbocycles. The van der Waals surface area contributed by atoms with Crippen molar-refractivity contribution in [1.82, 2.24) is 5.32 Å². The average molecular weight is 302 g/mol. The third kappa shape index (κ3) is 4.21. The van der Waals surface area contributed by atoms with E-state index >= 15 is 0 Å². The maximum atomic E-state index is 5.73. The average Bonchev–Trinajstić information content (AvgIpc) is 2.28. The van der Waals surface area contributed by atoms with E-state index in [0.717, 1.165) is 29.1 Å². The van der Waals surface area contributed by atoms with Gasteiger partial charge in [0.1, 0.15) is 0 Å². The molecular formula is C13H20BrNO2. The predicted octanol–water partition coefficient (Wildman–Crippen LogP) is 3.35. The monoisotopic (exact) mass is 301 g/mol. The van der Waals surface area contributed by atoms with Crippen molar-refractivity contribution in [3.05, 3.63) is 22.2 Å². The first kappa shape index (κ1) is 14.3. The van der Waals surface area contributed by atoms with Crippen molar-refractivity contribution >= 4 is 15.9 Å². The van der Waals surface area contributed by atoms with E-state index in [1.54, 1.807) is 7.11 Å². The lowest BCUT2D eigenvalue weighted by atomic mass is 10.2. The Morgan fingerprint density at radius 1 is 1.35 bits per heavy atom. The van der Waals surface area contributed by atoms with Crippen LogP contribution in [-0.2, 0) is 6.54 Å². The van der Waals surface area contributed by atoms with Gasteiger partial charge in [0.2, 0.25) is 0 Å². The largest absolute Gasteiger partial charge is 0.493 e. The van der Waals surface area contributed by atoms with E-state index in [0.29, 0.717) is 0 Å². The molecule has 0 atom stereocenters. The first-order valence-electron chi connectivity index (χ1n) is 5.82. The summed E-state index contributed by atoms with van der Waals surface area (Å²) < 4.78 is 12.0. The number of halogens is 1. The molecule has 1 rings (SSSR count). The quantitative estimate of drug-likeness (QED) is 0.874. The fourth-order valence-electron chi connectivity index (χ4n) is 1.49. The molecule has 3 nitrogen and oxygen atoms in total. The normalized spacial score (nSPS) is 10.7. The molecule has 0 fully saturated rings. The fourth-order valence-corrected chi connectivity index (χ4v) is 2.08. The summed E-state index contributed by atoms with van der Waals surface area (Å²) >= 11 is 3.53. The molecule has 0 radical (unpaired) electrons. The molecule has 0 aliphatic rings. The Labute approximate surface area is 112 Å². The third-order valence-corrected chi connectivity index (χ3v) is 2.81. The van der Waals surface area contributed by atoms with Gasteiger partial charge in [0.15, 0.2) is 11.5 Å². The summed E-state index contributed by atoms with van der Waals surface area (Å²) in [6, 6.07) is 4.06. The van der Waals surface area contributed by atoms with Crippen molar-refractivity contribution in [3.8, 4) is 11.5 Å². The molecule has 1 aromatic rings. The lowest BCUT2D eigenvalue weighted by Crippen LogP contribution is -2.12. The van der Waals surface area contributed by atoms with Crippen molar-refractivity contribution in [3.63, 3.8) is 0 Å². The molecule has 0 unspecified atom stereocenters. The van der Waals surface area contributed by atoms with Gasteiger partial charge in [-0.2, -0.15) is 0 Å². The van der Waals surface area contributed by atoms with Gasteiger partial charge in [-0.05, 0) is 54.0 Å². The van der Waals surface area contributed by atoms with Gasteiger partial charge in [0.05, 0.1) is 17.7 Å². The Balaban J connectivity index is 2.98. The zero-order valence-corrected chi connectivity index (χ0v) is 12.4. The highest BCUT2D eigenvalue weighted by Gasteiger charge is 2.12. The summed E-state index contributed by atoms with van der Waals surface area (Å²) in [6.07, 6.45) is 0.125. The Morgan fingerprint density at radius 3 is 2.59 bits per heavy atom. The summed E-state index contributed by atoms with van der Waals surface area (Å²) in [6.45, 7) is 7.86. The lowest BCUT2D eigenvalue weighted by Gasteiger charge is -2.16. The van der Waals surface area contributed by atoms with Crippen LogP contribution in [0, 0.1) is 0 Å². The predicted molar refractivity (Wildman–Crippen MR) is 73.8 cm³/mol. The Hall–Kier alpha value is -0.740. The topological polar surface area (TPSA) is 30.5 Å². The van der Waals surface area contributed by atoms with Gasteiger partial charge in [-0.25, -0.2) is 0 Å². The number of benzene rings is 1. The number of rotatable bonds is 6. The number of methoxy groups -OCH3 is 1. The van der Waals surface area contributed by atoms with E-state index in [1.165, 1.54) is 5.56 Å². The second-order valence-corrected chi connectivity index (χ2v) is 4.91. The summed E-state index contributed by atoms with van der Waals surface area (Å²) in [5, 5.41) is 3.29. The molecule has 0 saturated heterocycles. The van der Waals surface area contributed by atoms with Crippen LogP contribution in [-0.4, -0.2) is 19.8 Å². The van der Waals surface area contributed by atoms with Crippen LogP contribution in [0.15, 0.2) is 16.6 Å². The lowest BCUT2D eigenvalue weighted by molar-refractivity contribution is 0.228. The standard InChI is InChI=1S/C13H20BrNO2/c1-5-15-8-10-6-11(14)13(17-9(2)3)12(7-10)16-4/h6-7,9,15H,5,8H2,1-4H3. The van der Waals surface area contributed by atoms with Crippen LogP contribution in [0.25, 0.3) is 0 Å². The van der Waals surface area contributed by atoms with Crippen molar-refractivity contribution in [2.45, 2.75) is 33.4 Å². The summed E-state index contributed by atoms with van der Waals surface area (Å²) in [5.41, 5.74) is 1.17. The molecule has 4 heteroatoms. The smallest absolute Gasteiger partial charge is 0.175 e. The van der Waals surface area contributed by atoms with Crippen molar-refractivity contribution < 1.29 is 9.47 Å². The SMILES string of the molecule is CCNCc1cc(Br)c(OC(C)C)c(OC)c1. The molecule has 0 bridgehead atoms. The molecule has 96 valence electrons. The van der Waals surface area contributed by atoms with Gasteiger partial charge >= 0.3 is 0 Å². The van der Waals surface area contributed by atoms with Gasteiger partial charge in [-0.3, -0.25) is 0 Å². The van der Waals surface area contributed by atoms with Crippen LogP contribution < -0.4 is 14.8 Å². The van der Waals surface area contributed by atoms with Crippen LogP contribution in [0.5, 0.6) is 11.5 Å². The first-order valence-corrected chi connectivity index (χ1v) is 6.61. The van der Waals surface area contributed by atoms with Crippen LogP contribution in [0.4, 0.5) is 0 Å². The molecule has 0 spiro atoms. The maximum Gasteiger partial charge on any atom is 0.175 e. The first-order chi connectivity index (χ1) is 8.08. The number of hydrogen-bond donors (Lipinski definition) is 1. The minimum Gasteiger partial charge on any atom is -0.493 e. The van der Waals surface area contributed by atoms with E-state index < -0.39 is 0 Å². The van der Waals surface area contributed by atoms with E-state index in [9.17, 15) is 0 Å². The minimum atomic E-state index is 0.125. The van der Waals surface area contributed by atoms with Crippen molar-refractivity contribution in [2.24, 2.45) is 0 Å². The molecule has 0 aliphatic carbocycles. The zero-order valence-electron chi connectivity index (χ0n) is 10.8. The van der Waals surface area contributed by atoms with Crippen LogP contribution in [0.3, 0.4) is 0 Å². The van der Waals surface area contributed by atoms with Gasteiger partial charge in [0, 0.05) is 6.54 Å². The van der Waals surface area contributed by atoms with Gasteiger partial charge in [-0.1, -0.05) is 6.92 Å². The minimum absolute atomic E-state index is 0.125. The van der Waals surface area contributed by atoms with Crippen LogP contribution in [0.2, 0.25) is 0 Å². The summed E-state index contributed by atoms with van der Waals surface area (Å²) in [7, 11) is 1.66. The molecule has 1 N–H and O–H groups in total. The second kappa shape index (κ2) is 6.87. The molecule has 17 heavy (non-hydrogen) atoms. The number of hydrogen-bond acceptors (Lipinski definition) is 3. The van der Waals surface area contributed by atoms with E-state index in [1.807, 2.05) is 19.9 Å². The molecule has 0 aliphatic heterocycles. The van der Waals surface area contributed by atoms with E-state index in [-0.39, 0.29) is 6.10 Å². The fraction of sp³-hybridized carbons (Fsp3) is 0.538. The van der Waals surface area contributed by atoms with Crippen LogP contribution >= 0.6 is 15.9 Å². The Morgan fingerprint density at radius 2 is 2.06 bits per heavy atom. The molecule has 0 aromatic heterocycles. The summed E-state index contributed by atoms with van der Waals surface area (Å²) in [5.74, 6) is 1.53.